The zero-order chi connectivity index (χ0) is 17.6. The third-order valence-electron chi connectivity index (χ3n) is 4.17. The second kappa shape index (κ2) is 7.83. The second-order valence-electron chi connectivity index (χ2n) is 5.95. The zero-order valence-corrected chi connectivity index (χ0v) is 14.2. The molecule has 0 spiro atoms. The van der Waals surface area contributed by atoms with E-state index in [1.807, 2.05) is 30.3 Å². The summed E-state index contributed by atoms with van der Waals surface area (Å²) in [5.41, 5.74) is 1.34. The summed E-state index contributed by atoms with van der Waals surface area (Å²) >= 11 is 0. The van der Waals surface area contributed by atoms with Crippen molar-refractivity contribution in [3.05, 3.63) is 46.8 Å². The molecule has 1 aromatic carbocycles. The molecule has 1 aromatic heterocycles. The van der Waals surface area contributed by atoms with E-state index in [1.165, 1.54) is 6.07 Å². The first-order chi connectivity index (χ1) is 12.2. The van der Waals surface area contributed by atoms with Crippen molar-refractivity contribution in [1.29, 1.82) is 0 Å². The van der Waals surface area contributed by atoms with E-state index in [4.69, 9.17) is 4.74 Å². The highest BCUT2D eigenvalue weighted by Gasteiger charge is 2.23. The first-order valence-electron chi connectivity index (χ1n) is 8.50. The van der Waals surface area contributed by atoms with E-state index in [9.17, 15) is 9.59 Å². The van der Waals surface area contributed by atoms with Crippen LogP contribution in [-0.4, -0.2) is 46.7 Å². The molecule has 1 fully saturated rings. The van der Waals surface area contributed by atoms with Crippen LogP contribution in [0.4, 0.5) is 10.7 Å². The summed E-state index contributed by atoms with van der Waals surface area (Å²) in [7, 11) is 0. The van der Waals surface area contributed by atoms with Crippen LogP contribution in [0.15, 0.2) is 41.2 Å². The number of aromatic amines is 1. The second-order valence-corrected chi connectivity index (χ2v) is 5.95. The third kappa shape index (κ3) is 4.37. The molecule has 7 nitrogen and oxygen atoms in total. The predicted molar refractivity (Wildman–Crippen MR) is 95.5 cm³/mol. The Morgan fingerprint density at radius 3 is 2.72 bits per heavy atom. The number of hydrogen-bond acceptors (Lipinski definition) is 5. The number of hydrogen-bond donors (Lipinski definition) is 2. The lowest BCUT2D eigenvalue weighted by atomic mass is 10.1. The van der Waals surface area contributed by atoms with Crippen LogP contribution in [0, 0.1) is 0 Å². The van der Waals surface area contributed by atoms with Gasteiger partial charge in [-0.3, -0.25) is 9.78 Å². The number of aromatic nitrogens is 2. The number of rotatable bonds is 4. The first-order valence-corrected chi connectivity index (χ1v) is 8.50. The number of anilines is 1. The van der Waals surface area contributed by atoms with Gasteiger partial charge in [-0.1, -0.05) is 30.3 Å². The molecule has 0 saturated carbocycles. The average molecular weight is 342 g/mol. The number of nitrogens with zero attached hydrogens (tertiary/aromatic N) is 2. The number of likely N-dealkylation sites (tertiary alicyclic amines) is 1. The summed E-state index contributed by atoms with van der Waals surface area (Å²) in [6.07, 6.45) is 1.29. The number of amides is 1. The minimum Gasteiger partial charge on any atom is -0.450 e. The van der Waals surface area contributed by atoms with Gasteiger partial charge in [0.2, 0.25) is 5.95 Å². The number of nitrogens with one attached hydrogen (secondary N) is 2. The van der Waals surface area contributed by atoms with Crippen LogP contribution >= 0.6 is 0 Å². The highest BCUT2D eigenvalue weighted by atomic mass is 16.6. The van der Waals surface area contributed by atoms with Crippen molar-refractivity contribution < 1.29 is 9.53 Å². The summed E-state index contributed by atoms with van der Waals surface area (Å²) in [4.78, 5) is 32.6. The van der Waals surface area contributed by atoms with Crippen molar-refractivity contribution in [1.82, 2.24) is 14.9 Å². The van der Waals surface area contributed by atoms with E-state index in [2.05, 4.69) is 15.3 Å². The van der Waals surface area contributed by atoms with Crippen LogP contribution in [0.5, 0.6) is 0 Å². The number of carbonyl (C=O) groups excluding carboxylic acids is 1. The van der Waals surface area contributed by atoms with Crippen LogP contribution in [0.3, 0.4) is 0 Å². The van der Waals surface area contributed by atoms with E-state index in [1.54, 1.807) is 11.8 Å². The van der Waals surface area contributed by atoms with Gasteiger partial charge in [0.25, 0.3) is 5.56 Å². The van der Waals surface area contributed by atoms with Gasteiger partial charge in [0, 0.05) is 30.8 Å². The number of carbonyl (C=O) groups is 1. The van der Waals surface area contributed by atoms with Crippen LogP contribution in [0.1, 0.15) is 19.8 Å². The molecule has 0 unspecified atom stereocenters. The van der Waals surface area contributed by atoms with Gasteiger partial charge in [0.05, 0.1) is 12.3 Å². The lowest BCUT2D eigenvalue weighted by Crippen LogP contribution is -2.43. The number of benzene rings is 1. The lowest BCUT2D eigenvalue weighted by molar-refractivity contribution is 0.0983. The number of H-pyrrole nitrogens is 1. The summed E-state index contributed by atoms with van der Waals surface area (Å²) in [6.45, 7) is 3.43. The molecule has 0 atom stereocenters. The molecular formula is C18H22N4O3. The van der Waals surface area contributed by atoms with E-state index in [-0.39, 0.29) is 17.7 Å². The number of piperidine rings is 1. The van der Waals surface area contributed by atoms with E-state index in [0.717, 1.165) is 18.4 Å². The van der Waals surface area contributed by atoms with Gasteiger partial charge in [-0.05, 0) is 19.8 Å². The quantitative estimate of drug-likeness (QED) is 0.891. The largest absolute Gasteiger partial charge is 0.450 e. The molecule has 3 rings (SSSR count). The molecule has 1 aliphatic heterocycles. The van der Waals surface area contributed by atoms with Gasteiger partial charge < -0.3 is 15.0 Å². The maximum atomic E-state index is 11.9. The van der Waals surface area contributed by atoms with Crippen molar-refractivity contribution in [3.8, 4) is 11.3 Å². The smallest absolute Gasteiger partial charge is 0.409 e. The van der Waals surface area contributed by atoms with Crippen molar-refractivity contribution >= 4 is 12.0 Å². The molecule has 1 aliphatic rings. The Morgan fingerprint density at radius 1 is 1.32 bits per heavy atom. The number of ether oxygens (including phenoxy) is 1. The Bertz CT molecular complexity index is 767. The molecule has 0 radical (unpaired) electrons. The summed E-state index contributed by atoms with van der Waals surface area (Å²) in [5.74, 6) is 0.459. The summed E-state index contributed by atoms with van der Waals surface area (Å²) in [6, 6.07) is 11.2. The summed E-state index contributed by atoms with van der Waals surface area (Å²) in [5, 5.41) is 3.28. The fourth-order valence-corrected chi connectivity index (χ4v) is 2.90. The molecular weight excluding hydrogens is 320 g/mol. The Kier molecular flexibility index (Phi) is 5.33. The van der Waals surface area contributed by atoms with E-state index >= 15 is 0 Å². The highest BCUT2D eigenvalue weighted by molar-refractivity contribution is 5.67. The highest BCUT2D eigenvalue weighted by Crippen LogP contribution is 2.18. The fourth-order valence-electron chi connectivity index (χ4n) is 2.90. The molecule has 7 heteroatoms. The van der Waals surface area contributed by atoms with Crippen molar-refractivity contribution in [2.24, 2.45) is 0 Å². The molecule has 0 aliphatic carbocycles. The van der Waals surface area contributed by atoms with Crippen molar-refractivity contribution in [2.45, 2.75) is 25.8 Å². The normalized spacial score (nSPS) is 15.0. The monoisotopic (exact) mass is 342 g/mol. The summed E-state index contributed by atoms with van der Waals surface area (Å²) < 4.78 is 5.02. The van der Waals surface area contributed by atoms with E-state index < -0.39 is 0 Å². The van der Waals surface area contributed by atoms with Crippen molar-refractivity contribution in [3.63, 3.8) is 0 Å². The van der Waals surface area contributed by atoms with Crippen LogP contribution in [-0.2, 0) is 4.74 Å². The van der Waals surface area contributed by atoms with Gasteiger partial charge in [-0.15, -0.1) is 0 Å². The Hall–Kier alpha value is -2.83. The Balaban J connectivity index is 1.65. The van der Waals surface area contributed by atoms with Crippen LogP contribution < -0.4 is 10.9 Å². The van der Waals surface area contributed by atoms with Gasteiger partial charge in [-0.25, -0.2) is 9.78 Å². The van der Waals surface area contributed by atoms with Gasteiger partial charge in [0.1, 0.15) is 0 Å². The van der Waals surface area contributed by atoms with E-state index in [0.29, 0.717) is 31.3 Å². The maximum absolute atomic E-state index is 11.9. The minimum absolute atomic E-state index is 0.153. The standard InChI is InChI=1S/C18H22N4O3/c1-2-25-18(24)22-10-8-14(9-11-22)19-17-20-15(12-16(23)21-17)13-6-4-3-5-7-13/h3-7,12,14H,2,8-11H2,1H3,(H2,19,20,21,23). The fraction of sp³-hybridized carbons (Fsp3) is 0.389. The average Bonchev–Trinajstić information content (AvgIpc) is 2.63. The third-order valence-corrected chi connectivity index (χ3v) is 4.17. The van der Waals surface area contributed by atoms with Gasteiger partial charge >= 0.3 is 6.09 Å². The van der Waals surface area contributed by atoms with Crippen LogP contribution in [0.2, 0.25) is 0 Å². The van der Waals surface area contributed by atoms with Crippen molar-refractivity contribution in [2.75, 3.05) is 25.0 Å². The topological polar surface area (TPSA) is 87.3 Å². The Morgan fingerprint density at radius 2 is 2.04 bits per heavy atom. The first kappa shape index (κ1) is 17.0. The molecule has 2 aromatic rings. The zero-order valence-electron chi connectivity index (χ0n) is 14.2. The van der Waals surface area contributed by atoms with Crippen LogP contribution in [0.25, 0.3) is 11.3 Å². The molecule has 2 N–H and O–H groups in total. The molecule has 1 saturated heterocycles. The van der Waals surface area contributed by atoms with Gasteiger partial charge in [-0.2, -0.15) is 0 Å². The molecule has 2 heterocycles. The molecule has 0 bridgehead atoms. The lowest BCUT2D eigenvalue weighted by Gasteiger charge is -2.31. The molecule has 25 heavy (non-hydrogen) atoms. The Labute approximate surface area is 146 Å². The van der Waals surface area contributed by atoms with Gasteiger partial charge in [0.15, 0.2) is 0 Å². The maximum Gasteiger partial charge on any atom is 0.409 e. The minimum atomic E-state index is -0.265. The molecule has 1 amide bonds. The predicted octanol–water partition coefficient (Wildman–Crippen LogP) is 2.47. The molecule has 132 valence electrons. The SMILES string of the molecule is CCOC(=O)N1CCC(Nc2nc(-c3ccccc3)cc(=O)[nH]2)CC1.